The van der Waals surface area contributed by atoms with Crippen LogP contribution in [0.25, 0.3) is 0 Å². The molecule has 0 spiro atoms. The van der Waals surface area contributed by atoms with Gasteiger partial charge in [0.15, 0.2) is 0 Å². The molecule has 2 heterocycles. The summed E-state index contributed by atoms with van der Waals surface area (Å²) in [5.41, 5.74) is 1.44. The van der Waals surface area contributed by atoms with Gasteiger partial charge in [-0.1, -0.05) is 0 Å². The Hall–Kier alpha value is -0.380. The van der Waals surface area contributed by atoms with Gasteiger partial charge in [-0.25, -0.2) is 0 Å². The molecule has 0 aliphatic carbocycles. The van der Waals surface area contributed by atoms with Gasteiger partial charge in [0.25, 0.3) is 0 Å². The minimum atomic E-state index is 0.586. The van der Waals surface area contributed by atoms with E-state index in [1.54, 1.807) is 11.3 Å². The topological polar surface area (TPSA) is 21.3 Å². The van der Waals surface area contributed by atoms with Gasteiger partial charge in [0.1, 0.15) is 0 Å². The summed E-state index contributed by atoms with van der Waals surface area (Å²) < 4.78 is 5.41. The third-order valence-corrected chi connectivity index (χ3v) is 3.32. The number of thiophene rings is 1. The van der Waals surface area contributed by atoms with E-state index in [1.165, 1.54) is 18.4 Å². The van der Waals surface area contributed by atoms with Gasteiger partial charge in [0.2, 0.25) is 0 Å². The summed E-state index contributed by atoms with van der Waals surface area (Å²) in [5, 5.41) is 7.90. The van der Waals surface area contributed by atoms with E-state index in [0.29, 0.717) is 6.04 Å². The molecule has 14 heavy (non-hydrogen) atoms. The first-order chi connectivity index (χ1) is 6.95. The number of ether oxygens (including phenoxy) is 1. The Morgan fingerprint density at radius 3 is 3.29 bits per heavy atom. The standard InChI is InChI=1S/C11H17NOS/c1-2-11(8-13-6-1)12-5-3-10-4-7-14-9-10/h4,7,9,11-12H,1-3,5-6,8H2. The summed E-state index contributed by atoms with van der Waals surface area (Å²) in [6.45, 7) is 2.91. The molecule has 2 nitrogen and oxygen atoms in total. The summed E-state index contributed by atoms with van der Waals surface area (Å²) in [6, 6.07) is 2.78. The summed E-state index contributed by atoms with van der Waals surface area (Å²) in [5.74, 6) is 0. The lowest BCUT2D eigenvalue weighted by Crippen LogP contribution is -2.37. The van der Waals surface area contributed by atoms with Gasteiger partial charge in [-0.3, -0.25) is 0 Å². The lowest BCUT2D eigenvalue weighted by molar-refractivity contribution is 0.0707. The zero-order valence-corrected chi connectivity index (χ0v) is 9.19. The van der Waals surface area contributed by atoms with E-state index in [2.05, 4.69) is 22.1 Å². The van der Waals surface area contributed by atoms with Crippen LogP contribution in [0.3, 0.4) is 0 Å². The van der Waals surface area contributed by atoms with Gasteiger partial charge in [-0.05, 0) is 48.2 Å². The minimum Gasteiger partial charge on any atom is -0.380 e. The van der Waals surface area contributed by atoms with Gasteiger partial charge in [0.05, 0.1) is 6.61 Å². The fraction of sp³-hybridized carbons (Fsp3) is 0.636. The number of hydrogen-bond acceptors (Lipinski definition) is 3. The van der Waals surface area contributed by atoms with E-state index < -0.39 is 0 Å². The maximum Gasteiger partial charge on any atom is 0.0619 e. The molecule has 1 atom stereocenters. The average Bonchev–Trinajstić information content (AvgIpc) is 2.72. The van der Waals surface area contributed by atoms with Crippen LogP contribution in [0.15, 0.2) is 16.8 Å². The second-order valence-corrected chi connectivity index (χ2v) is 4.53. The summed E-state index contributed by atoms with van der Waals surface area (Å²) >= 11 is 1.77. The zero-order valence-electron chi connectivity index (χ0n) is 8.37. The number of rotatable bonds is 4. The second kappa shape index (κ2) is 5.49. The van der Waals surface area contributed by atoms with Crippen LogP contribution in [0.2, 0.25) is 0 Å². The Morgan fingerprint density at radius 2 is 2.57 bits per heavy atom. The van der Waals surface area contributed by atoms with Crippen molar-refractivity contribution in [3.63, 3.8) is 0 Å². The third-order valence-electron chi connectivity index (χ3n) is 2.59. The minimum absolute atomic E-state index is 0.586. The Bertz CT molecular complexity index is 242. The SMILES string of the molecule is c1cc(CCNC2CCCOC2)cs1. The van der Waals surface area contributed by atoms with Gasteiger partial charge in [-0.15, -0.1) is 0 Å². The van der Waals surface area contributed by atoms with Crippen LogP contribution in [0.4, 0.5) is 0 Å². The second-order valence-electron chi connectivity index (χ2n) is 3.75. The highest BCUT2D eigenvalue weighted by Gasteiger charge is 2.12. The lowest BCUT2D eigenvalue weighted by Gasteiger charge is -2.23. The van der Waals surface area contributed by atoms with Crippen molar-refractivity contribution in [3.05, 3.63) is 22.4 Å². The molecular weight excluding hydrogens is 194 g/mol. The molecule has 1 N–H and O–H groups in total. The molecule has 78 valence electrons. The Kier molecular flexibility index (Phi) is 3.98. The molecule has 0 bridgehead atoms. The molecule has 1 aliphatic rings. The fourth-order valence-corrected chi connectivity index (χ4v) is 2.46. The zero-order chi connectivity index (χ0) is 9.64. The van der Waals surface area contributed by atoms with Gasteiger partial charge < -0.3 is 10.1 Å². The van der Waals surface area contributed by atoms with Gasteiger partial charge in [0, 0.05) is 12.6 Å². The van der Waals surface area contributed by atoms with Crippen LogP contribution < -0.4 is 5.32 Å². The Morgan fingerprint density at radius 1 is 1.57 bits per heavy atom. The molecule has 1 aromatic rings. The molecule has 3 heteroatoms. The quantitative estimate of drug-likeness (QED) is 0.823. The molecule has 0 radical (unpaired) electrons. The van der Waals surface area contributed by atoms with Crippen LogP contribution in [-0.2, 0) is 11.2 Å². The highest BCUT2D eigenvalue weighted by atomic mass is 32.1. The van der Waals surface area contributed by atoms with Crippen LogP contribution >= 0.6 is 11.3 Å². The van der Waals surface area contributed by atoms with Crippen LogP contribution in [0.1, 0.15) is 18.4 Å². The predicted octanol–water partition coefficient (Wildman–Crippen LogP) is 2.06. The fourth-order valence-electron chi connectivity index (χ4n) is 1.76. The summed E-state index contributed by atoms with van der Waals surface area (Å²) in [6.07, 6.45) is 3.61. The summed E-state index contributed by atoms with van der Waals surface area (Å²) in [7, 11) is 0. The van der Waals surface area contributed by atoms with Crippen molar-refractivity contribution < 1.29 is 4.74 Å². The van der Waals surface area contributed by atoms with Crippen LogP contribution in [0.5, 0.6) is 0 Å². The van der Waals surface area contributed by atoms with Crippen LogP contribution in [0, 0.1) is 0 Å². The maximum absolute atomic E-state index is 5.41. The molecule has 1 aliphatic heterocycles. The van der Waals surface area contributed by atoms with Crippen molar-refractivity contribution in [2.45, 2.75) is 25.3 Å². The molecule has 0 amide bonds. The first-order valence-electron chi connectivity index (χ1n) is 5.27. The monoisotopic (exact) mass is 211 g/mol. The third kappa shape index (κ3) is 3.08. The van der Waals surface area contributed by atoms with E-state index in [4.69, 9.17) is 4.74 Å². The normalized spacial score (nSPS) is 22.4. The van der Waals surface area contributed by atoms with E-state index in [1.807, 2.05) is 0 Å². The first-order valence-corrected chi connectivity index (χ1v) is 6.21. The van der Waals surface area contributed by atoms with Gasteiger partial charge in [-0.2, -0.15) is 11.3 Å². The van der Waals surface area contributed by atoms with Crippen molar-refractivity contribution in [3.8, 4) is 0 Å². The molecule has 0 aromatic carbocycles. The highest BCUT2D eigenvalue weighted by Crippen LogP contribution is 2.08. The average molecular weight is 211 g/mol. The molecule has 1 fully saturated rings. The smallest absolute Gasteiger partial charge is 0.0619 e. The Balaban J connectivity index is 1.62. The molecule has 1 saturated heterocycles. The van der Waals surface area contributed by atoms with Crippen molar-refractivity contribution in [1.29, 1.82) is 0 Å². The number of hydrogen-bond donors (Lipinski definition) is 1. The molecular formula is C11H17NOS. The molecule has 1 aromatic heterocycles. The van der Waals surface area contributed by atoms with E-state index in [-0.39, 0.29) is 0 Å². The van der Waals surface area contributed by atoms with Crippen molar-refractivity contribution in [1.82, 2.24) is 5.32 Å². The first kappa shape index (κ1) is 10.1. The molecule has 2 rings (SSSR count). The van der Waals surface area contributed by atoms with Crippen molar-refractivity contribution >= 4 is 11.3 Å². The van der Waals surface area contributed by atoms with Gasteiger partial charge >= 0.3 is 0 Å². The maximum atomic E-state index is 5.41. The molecule has 0 saturated carbocycles. The van der Waals surface area contributed by atoms with Crippen molar-refractivity contribution in [2.24, 2.45) is 0 Å². The molecule has 1 unspecified atom stereocenters. The lowest BCUT2D eigenvalue weighted by atomic mass is 10.1. The largest absolute Gasteiger partial charge is 0.380 e. The number of nitrogens with one attached hydrogen (secondary N) is 1. The highest BCUT2D eigenvalue weighted by molar-refractivity contribution is 7.07. The predicted molar refractivity (Wildman–Crippen MR) is 59.9 cm³/mol. The summed E-state index contributed by atoms with van der Waals surface area (Å²) in [4.78, 5) is 0. The van der Waals surface area contributed by atoms with E-state index >= 15 is 0 Å². The van der Waals surface area contributed by atoms with E-state index in [9.17, 15) is 0 Å². The van der Waals surface area contributed by atoms with Crippen molar-refractivity contribution in [2.75, 3.05) is 19.8 Å². The van der Waals surface area contributed by atoms with E-state index in [0.717, 1.165) is 26.2 Å². The Labute approximate surface area is 89.3 Å². The van der Waals surface area contributed by atoms with Crippen LogP contribution in [-0.4, -0.2) is 25.8 Å².